The average Bonchev–Trinajstić information content (AvgIpc) is 2.26. The number of benzene rings is 1. The molecule has 100 valence electrons. The summed E-state index contributed by atoms with van der Waals surface area (Å²) in [5, 5.41) is 9.52. The van der Waals surface area contributed by atoms with Crippen LogP contribution >= 0.6 is 0 Å². The second-order valence-corrected chi connectivity index (χ2v) is 3.87. The standard InChI is InChI=1S/C12H13F3O3/c1-7(11(17)18-8(2)16)9-5-3-4-6-10(9)12(13,14)15/h3-7,11,17H,1-2H3. The van der Waals surface area contributed by atoms with Gasteiger partial charge in [0.05, 0.1) is 5.56 Å². The number of rotatable bonds is 3. The minimum absolute atomic E-state index is 0.112. The summed E-state index contributed by atoms with van der Waals surface area (Å²) in [6.45, 7) is 2.43. The van der Waals surface area contributed by atoms with E-state index in [0.29, 0.717) is 0 Å². The number of ether oxygens (including phenoxy) is 1. The molecule has 0 bridgehead atoms. The fourth-order valence-electron chi connectivity index (χ4n) is 1.58. The van der Waals surface area contributed by atoms with Crippen molar-refractivity contribution in [3.05, 3.63) is 35.4 Å². The third kappa shape index (κ3) is 3.46. The lowest BCUT2D eigenvalue weighted by molar-refractivity contribution is -0.168. The molecule has 18 heavy (non-hydrogen) atoms. The third-order valence-corrected chi connectivity index (χ3v) is 2.47. The Bertz CT molecular complexity index is 429. The first-order valence-corrected chi connectivity index (χ1v) is 5.25. The van der Waals surface area contributed by atoms with Gasteiger partial charge in [-0.2, -0.15) is 13.2 Å². The molecule has 0 aliphatic rings. The highest BCUT2D eigenvalue weighted by Crippen LogP contribution is 2.36. The minimum atomic E-state index is -4.51. The molecule has 3 nitrogen and oxygen atoms in total. The fourth-order valence-corrected chi connectivity index (χ4v) is 1.58. The van der Waals surface area contributed by atoms with Crippen LogP contribution in [0.15, 0.2) is 24.3 Å². The minimum Gasteiger partial charge on any atom is -0.435 e. The number of esters is 1. The largest absolute Gasteiger partial charge is 0.435 e. The average molecular weight is 262 g/mol. The number of aliphatic hydroxyl groups excluding tert-OH is 1. The van der Waals surface area contributed by atoms with Crippen molar-refractivity contribution in [3.8, 4) is 0 Å². The maximum atomic E-state index is 12.7. The summed E-state index contributed by atoms with van der Waals surface area (Å²) < 4.78 is 42.7. The van der Waals surface area contributed by atoms with Gasteiger partial charge in [0.2, 0.25) is 6.29 Å². The van der Waals surface area contributed by atoms with Gasteiger partial charge in [-0.3, -0.25) is 4.79 Å². The van der Waals surface area contributed by atoms with Crippen LogP contribution in [0.5, 0.6) is 0 Å². The van der Waals surface area contributed by atoms with Crippen molar-refractivity contribution in [1.82, 2.24) is 0 Å². The number of carbonyl (C=O) groups excluding carboxylic acids is 1. The molecule has 0 aromatic heterocycles. The zero-order valence-corrected chi connectivity index (χ0v) is 9.86. The lowest BCUT2D eigenvalue weighted by atomic mass is 9.95. The van der Waals surface area contributed by atoms with E-state index < -0.39 is 29.9 Å². The van der Waals surface area contributed by atoms with Crippen molar-refractivity contribution < 1.29 is 27.8 Å². The predicted molar refractivity (Wildman–Crippen MR) is 57.6 cm³/mol. The molecule has 1 aromatic rings. The summed E-state index contributed by atoms with van der Waals surface area (Å²) >= 11 is 0. The number of carbonyl (C=O) groups is 1. The van der Waals surface area contributed by atoms with Crippen molar-refractivity contribution in [2.45, 2.75) is 32.2 Å². The van der Waals surface area contributed by atoms with E-state index >= 15 is 0 Å². The van der Waals surface area contributed by atoms with Gasteiger partial charge in [0.15, 0.2) is 0 Å². The monoisotopic (exact) mass is 262 g/mol. The second-order valence-electron chi connectivity index (χ2n) is 3.87. The van der Waals surface area contributed by atoms with Crippen LogP contribution in [0.3, 0.4) is 0 Å². The topological polar surface area (TPSA) is 46.5 Å². The van der Waals surface area contributed by atoms with E-state index in [1.807, 2.05) is 0 Å². The number of halogens is 3. The molecule has 0 heterocycles. The molecule has 0 spiro atoms. The maximum absolute atomic E-state index is 12.7. The molecule has 0 aliphatic carbocycles. The van der Waals surface area contributed by atoms with Gasteiger partial charge in [-0.05, 0) is 11.6 Å². The Kier molecular flexibility index (Phi) is 4.34. The van der Waals surface area contributed by atoms with Crippen LogP contribution in [-0.4, -0.2) is 17.4 Å². The Morgan fingerprint density at radius 2 is 1.89 bits per heavy atom. The van der Waals surface area contributed by atoms with Crippen molar-refractivity contribution in [2.24, 2.45) is 0 Å². The van der Waals surface area contributed by atoms with Crippen LogP contribution in [0.25, 0.3) is 0 Å². The molecule has 1 aromatic carbocycles. The van der Waals surface area contributed by atoms with Gasteiger partial charge >= 0.3 is 12.1 Å². The zero-order valence-electron chi connectivity index (χ0n) is 9.86. The van der Waals surface area contributed by atoms with Crippen molar-refractivity contribution in [1.29, 1.82) is 0 Å². The molecule has 2 atom stereocenters. The van der Waals surface area contributed by atoms with Gasteiger partial charge in [0.25, 0.3) is 0 Å². The van der Waals surface area contributed by atoms with Gasteiger partial charge < -0.3 is 9.84 Å². The van der Waals surface area contributed by atoms with Crippen molar-refractivity contribution in [2.75, 3.05) is 0 Å². The van der Waals surface area contributed by atoms with Crippen LogP contribution < -0.4 is 0 Å². The Labute approximate surface area is 102 Å². The van der Waals surface area contributed by atoms with Gasteiger partial charge in [0, 0.05) is 12.8 Å². The molecule has 2 unspecified atom stereocenters. The Morgan fingerprint density at radius 1 is 1.33 bits per heavy atom. The van der Waals surface area contributed by atoms with Crippen LogP contribution in [0.4, 0.5) is 13.2 Å². The number of hydrogen-bond donors (Lipinski definition) is 1. The summed E-state index contributed by atoms with van der Waals surface area (Å²) in [7, 11) is 0. The van der Waals surface area contributed by atoms with Crippen LogP contribution in [0, 0.1) is 0 Å². The highest BCUT2D eigenvalue weighted by Gasteiger charge is 2.35. The molecule has 1 N–H and O–H groups in total. The molecular formula is C12H13F3O3. The summed E-state index contributed by atoms with van der Waals surface area (Å²) in [5.41, 5.74) is -0.956. The van der Waals surface area contributed by atoms with Crippen molar-refractivity contribution >= 4 is 5.97 Å². The molecule has 0 fully saturated rings. The molecule has 0 aliphatic heterocycles. The van der Waals surface area contributed by atoms with Gasteiger partial charge in [-0.25, -0.2) is 0 Å². The predicted octanol–water partition coefficient (Wildman–Crippen LogP) is 2.69. The van der Waals surface area contributed by atoms with Gasteiger partial charge in [0.1, 0.15) is 0 Å². The number of aliphatic hydroxyl groups is 1. The van der Waals surface area contributed by atoms with Crippen LogP contribution in [0.2, 0.25) is 0 Å². The summed E-state index contributed by atoms with van der Waals surface area (Å²) in [4.78, 5) is 10.7. The second kappa shape index (κ2) is 5.39. The molecule has 0 saturated carbocycles. The SMILES string of the molecule is CC(=O)OC(O)C(C)c1ccccc1C(F)(F)F. The lowest BCUT2D eigenvalue weighted by Gasteiger charge is -2.22. The highest BCUT2D eigenvalue weighted by molar-refractivity contribution is 5.66. The number of hydrogen-bond acceptors (Lipinski definition) is 3. The smallest absolute Gasteiger partial charge is 0.416 e. The summed E-state index contributed by atoms with van der Waals surface area (Å²) in [6.07, 6.45) is -6.12. The number of alkyl halides is 3. The quantitative estimate of drug-likeness (QED) is 0.673. The molecule has 0 amide bonds. The van der Waals surface area contributed by atoms with Crippen molar-refractivity contribution in [3.63, 3.8) is 0 Å². The van der Waals surface area contributed by atoms with Crippen LogP contribution in [-0.2, 0) is 15.7 Å². The lowest BCUT2D eigenvalue weighted by Crippen LogP contribution is -2.24. The first kappa shape index (κ1) is 14.5. The Balaban J connectivity index is 3.06. The molecule has 0 radical (unpaired) electrons. The molecule has 0 saturated heterocycles. The van der Waals surface area contributed by atoms with E-state index in [4.69, 9.17) is 0 Å². The summed E-state index contributed by atoms with van der Waals surface area (Å²) in [5.74, 6) is -1.72. The van der Waals surface area contributed by atoms with Gasteiger partial charge in [-0.1, -0.05) is 25.1 Å². The first-order valence-electron chi connectivity index (χ1n) is 5.25. The van der Waals surface area contributed by atoms with E-state index in [-0.39, 0.29) is 5.56 Å². The van der Waals surface area contributed by atoms with E-state index in [1.54, 1.807) is 0 Å². The normalized spacial score (nSPS) is 15.0. The van der Waals surface area contributed by atoms with E-state index in [9.17, 15) is 23.1 Å². The third-order valence-electron chi connectivity index (χ3n) is 2.47. The first-order chi connectivity index (χ1) is 8.23. The fraction of sp³-hybridized carbons (Fsp3) is 0.417. The molecule has 1 rings (SSSR count). The van der Waals surface area contributed by atoms with Crippen LogP contribution in [0.1, 0.15) is 30.9 Å². The highest BCUT2D eigenvalue weighted by atomic mass is 19.4. The molecular weight excluding hydrogens is 249 g/mol. The zero-order chi connectivity index (χ0) is 13.9. The van der Waals surface area contributed by atoms with E-state index in [2.05, 4.69) is 4.74 Å². The van der Waals surface area contributed by atoms with E-state index in [1.165, 1.54) is 25.1 Å². The Hall–Kier alpha value is -1.56. The molecule has 6 heteroatoms. The van der Waals surface area contributed by atoms with Gasteiger partial charge in [-0.15, -0.1) is 0 Å². The summed E-state index contributed by atoms with van der Waals surface area (Å²) in [6, 6.07) is 4.87. The Morgan fingerprint density at radius 3 is 2.39 bits per heavy atom. The van der Waals surface area contributed by atoms with E-state index in [0.717, 1.165) is 13.0 Å². The maximum Gasteiger partial charge on any atom is 0.416 e.